The number of hydrogen-bond acceptors (Lipinski definition) is 2. The van der Waals surface area contributed by atoms with Crippen LogP contribution >= 0.6 is 0 Å². The fraction of sp³-hybridized carbons (Fsp3) is 0. The second kappa shape index (κ2) is 8.72. The van der Waals surface area contributed by atoms with Gasteiger partial charge < -0.3 is 10.2 Å². The number of aliphatic carboxylic acids is 2. The molecule has 60 valence electrons. The van der Waals surface area contributed by atoms with Gasteiger partial charge in [0.15, 0.2) is 0 Å². The van der Waals surface area contributed by atoms with Crippen molar-refractivity contribution >= 4 is 11.9 Å². The van der Waals surface area contributed by atoms with Crippen molar-refractivity contribution in [3.05, 3.63) is 12.2 Å². The first-order valence-electron chi connectivity index (χ1n) is 1.77. The number of hydrogen-bond donors (Lipinski definition) is 2. The minimum atomic E-state index is -1.26. The largest absolute Gasteiger partial charge is 0.478 e. The van der Waals surface area contributed by atoms with Gasteiger partial charge in [0.2, 0.25) is 0 Å². The maximum absolute atomic E-state index is 9.55. The minimum Gasteiger partial charge on any atom is -0.478 e. The second-order valence-electron chi connectivity index (χ2n) is 1.01. The molecule has 0 fully saturated rings. The molecule has 0 amide bonds. The summed E-state index contributed by atoms with van der Waals surface area (Å²) in [7, 11) is 0. The van der Waals surface area contributed by atoms with Crippen molar-refractivity contribution in [2.75, 3.05) is 0 Å². The summed E-state index contributed by atoms with van der Waals surface area (Å²) in [6.45, 7) is 0. The molecule has 0 heterocycles. The molecule has 0 aromatic heterocycles. The Kier molecular flexibility index (Phi) is 14.3. The van der Waals surface area contributed by atoms with Gasteiger partial charge in [-0.1, -0.05) is 0 Å². The predicted molar refractivity (Wildman–Crippen MR) is 24.4 cm³/mol. The summed E-state index contributed by atoms with van der Waals surface area (Å²) in [6.07, 6.45) is 1.12. The Morgan fingerprint density at radius 1 is 0.900 bits per heavy atom. The van der Waals surface area contributed by atoms with Crippen LogP contribution in [0.4, 0.5) is 0 Å². The Morgan fingerprint density at radius 3 is 1.20 bits per heavy atom. The van der Waals surface area contributed by atoms with Crippen molar-refractivity contribution in [1.29, 1.82) is 0 Å². The van der Waals surface area contributed by atoms with Crippen LogP contribution in [-0.4, -0.2) is 22.2 Å². The molecule has 0 atom stereocenters. The molecular weight excluding hydrogens is 224 g/mol. The topological polar surface area (TPSA) is 74.6 Å². The monoisotopic (exact) mass is 228 g/mol. The molecule has 0 saturated heterocycles. The van der Waals surface area contributed by atoms with Crippen molar-refractivity contribution in [1.82, 2.24) is 0 Å². The van der Waals surface area contributed by atoms with Crippen LogP contribution in [-0.2, 0) is 43.7 Å². The van der Waals surface area contributed by atoms with Gasteiger partial charge >= 0.3 is 11.9 Å². The van der Waals surface area contributed by atoms with E-state index in [2.05, 4.69) is 0 Å². The number of carboxylic acid groups (broad SMARTS) is 2. The summed E-state index contributed by atoms with van der Waals surface area (Å²) in [5.74, 6) is -2.51. The van der Waals surface area contributed by atoms with Crippen LogP contribution in [0, 0.1) is 0 Å². The summed E-state index contributed by atoms with van der Waals surface area (Å²) in [4.78, 5) is 19.1. The third kappa shape index (κ3) is 15.6. The Balaban J connectivity index is -0.000000245. The van der Waals surface area contributed by atoms with Gasteiger partial charge in [-0.3, -0.25) is 0 Å². The molecule has 0 radical (unpaired) electrons. The molecule has 6 heteroatoms. The minimum absolute atomic E-state index is 0. The van der Waals surface area contributed by atoms with Crippen LogP contribution < -0.4 is 0 Å². The summed E-state index contributed by atoms with van der Waals surface area (Å²) in [5, 5.41) is 15.6. The summed E-state index contributed by atoms with van der Waals surface area (Å²) < 4.78 is 0. The average Bonchev–Trinajstić information content (AvgIpc) is 1.61. The zero-order valence-corrected chi connectivity index (χ0v) is 6.78. The van der Waals surface area contributed by atoms with Crippen LogP contribution in [0.3, 0.4) is 0 Å². The molecule has 2 N–H and O–H groups in total. The van der Waals surface area contributed by atoms with Crippen molar-refractivity contribution in [3.63, 3.8) is 0 Å². The van der Waals surface area contributed by atoms with E-state index in [-0.39, 0.29) is 34.1 Å². The second-order valence-corrected chi connectivity index (χ2v) is 1.01. The number of carbonyl (C=O) groups is 2. The molecular formula is C4H4Fe2O4. The summed E-state index contributed by atoms with van der Waals surface area (Å²) in [6, 6.07) is 0. The summed E-state index contributed by atoms with van der Waals surface area (Å²) in [5.41, 5.74) is 0. The fourth-order valence-electron chi connectivity index (χ4n) is 0.143. The first-order chi connectivity index (χ1) is 3.63. The maximum atomic E-state index is 9.55. The van der Waals surface area contributed by atoms with E-state index in [9.17, 15) is 9.59 Å². The van der Waals surface area contributed by atoms with E-state index in [1.165, 1.54) is 0 Å². The molecule has 0 aromatic carbocycles. The van der Waals surface area contributed by atoms with Crippen LogP contribution in [0.5, 0.6) is 0 Å². The summed E-state index contributed by atoms with van der Waals surface area (Å²) >= 11 is 0. The Morgan fingerprint density at radius 2 is 1.10 bits per heavy atom. The molecule has 0 bridgehead atoms. The van der Waals surface area contributed by atoms with Crippen LogP contribution in [0.25, 0.3) is 0 Å². The first kappa shape index (κ1) is 16.4. The smallest absolute Gasteiger partial charge is 0.328 e. The molecule has 0 aromatic rings. The maximum Gasteiger partial charge on any atom is 0.328 e. The van der Waals surface area contributed by atoms with E-state index in [4.69, 9.17) is 10.2 Å². The third-order valence-corrected chi connectivity index (χ3v) is 0.368. The van der Waals surface area contributed by atoms with E-state index in [0.29, 0.717) is 12.2 Å². The average molecular weight is 228 g/mol. The number of carboxylic acids is 2. The zero-order chi connectivity index (χ0) is 6.57. The zero-order valence-electron chi connectivity index (χ0n) is 4.57. The van der Waals surface area contributed by atoms with Gasteiger partial charge in [-0.15, -0.1) is 0 Å². The van der Waals surface area contributed by atoms with Gasteiger partial charge in [0, 0.05) is 46.3 Å². The van der Waals surface area contributed by atoms with Crippen LogP contribution in [0.1, 0.15) is 0 Å². The van der Waals surface area contributed by atoms with Crippen molar-refractivity contribution in [2.24, 2.45) is 0 Å². The Labute approximate surface area is 78.2 Å². The predicted octanol–water partition coefficient (Wildman–Crippen LogP) is -0.293. The molecule has 0 unspecified atom stereocenters. The molecule has 4 nitrogen and oxygen atoms in total. The molecule has 0 aliphatic rings. The van der Waals surface area contributed by atoms with Gasteiger partial charge in [0.25, 0.3) is 0 Å². The van der Waals surface area contributed by atoms with E-state index in [1.54, 1.807) is 0 Å². The van der Waals surface area contributed by atoms with Gasteiger partial charge in [-0.05, 0) is 0 Å². The van der Waals surface area contributed by atoms with Gasteiger partial charge in [-0.2, -0.15) is 0 Å². The van der Waals surface area contributed by atoms with E-state index >= 15 is 0 Å². The van der Waals surface area contributed by atoms with Crippen molar-refractivity contribution in [3.8, 4) is 0 Å². The van der Waals surface area contributed by atoms with Crippen molar-refractivity contribution in [2.45, 2.75) is 0 Å². The fourth-order valence-corrected chi connectivity index (χ4v) is 0.143. The van der Waals surface area contributed by atoms with Crippen LogP contribution in [0.15, 0.2) is 12.2 Å². The van der Waals surface area contributed by atoms with Gasteiger partial charge in [0.1, 0.15) is 0 Å². The Bertz CT molecular complexity index is 126. The van der Waals surface area contributed by atoms with Gasteiger partial charge in [0.05, 0.1) is 0 Å². The molecule has 10 heavy (non-hydrogen) atoms. The van der Waals surface area contributed by atoms with Gasteiger partial charge in [-0.25, -0.2) is 9.59 Å². The molecule has 0 rings (SSSR count). The third-order valence-electron chi connectivity index (χ3n) is 0.368. The first-order valence-corrected chi connectivity index (χ1v) is 1.77. The van der Waals surface area contributed by atoms with E-state index in [0.717, 1.165) is 0 Å². The molecule has 0 aliphatic carbocycles. The number of rotatable bonds is 2. The van der Waals surface area contributed by atoms with Crippen molar-refractivity contribution < 1.29 is 53.9 Å². The van der Waals surface area contributed by atoms with Crippen LogP contribution in [0.2, 0.25) is 0 Å². The van der Waals surface area contributed by atoms with E-state index < -0.39 is 11.9 Å². The normalized spacial score (nSPS) is 7.60. The standard InChI is InChI=1S/C4H4O4.2Fe/c5-3(6)1-2-4(7)8;;/h1-2H,(H,5,6)(H,7,8);;/b2-1+;;. The SMILES string of the molecule is O=C(O)/C=C/C(=O)O.[Fe].[Fe]. The molecule has 0 spiro atoms. The molecule has 0 saturated carbocycles. The Hall–Kier alpha value is -0.281. The van der Waals surface area contributed by atoms with E-state index in [1.807, 2.05) is 0 Å². The molecule has 0 aliphatic heterocycles. The quantitative estimate of drug-likeness (QED) is 0.502.